The first kappa shape index (κ1) is 20.0. The number of carbonyl (C=O) groups excluding carboxylic acids is 1. The number of benzene rings is 2. The molecule has 0 radical (unpaired) electrons. The van der Waals surface area contributed by atoms with Gasteiger partial charge in [-0.2, -0.15) is 0 Å². The van der Waals surface area contributed by atoms with Crippen LogP contribution in [0.4, 0.5) is 5.69 Å². The molecule has 28 heavy (non-hydrogen) atoms. The Hall–Kier alpha value is -2.77. The zero-order valence-corrected chi connectivity index (χ0v) is 16.9. The number of anilines is 1. The maximum absolute atomic E-state index is 12.3. The van der Waals surface area contributed by atoms with E-state index in [9.17, 15) is 4.79 Å². The van der Waals surface area contributed by atoms with Crippen molar-refractivity contribution in [3.63, 3.8) is 0 Å². The second-order valence-corrected chi connectivity index (χ2v) is 7.59. The van der Waals surface area contributed by atoms with Crippen LogP contribution in [0.2, 0.25) is 0 Å². The molecule has 0 aliphatic carbocycles. The highest BCUT2D eigenvalue weighted by atomic mass is 32.1. The summed E-state index contributed by atoms with van der Waals surface area (Å²) in [5.41, 5.74) is 1.89. The Morgan fingerprint density at radius 2 is 1.86 bits per heavy atom. The van der Waals surface area contributed by atoms with Crippen molar-refractivity contribution < 1.29 is 9.53 Å². The van der Waals surface area contributed by atoms with Gasteiger partial charge in [-0.1, -0.05) is 47.7 Å². The predicted molar refractivity (Wildman–Crippen MR) is 112 cm³/mol. The van der Waals surface area contributed by atoms with Crippen LogP contribution in [0.1, 0.15) is 26.8 Å². The van der Waals surface area contributed by atoms with Crippen molar-refractivity contribution in [2.45, 2.75) is 19.9 Å². The average molecular weight is 397 g/mol. The minimum Gasteiger partial charge on any atom is -0.493 e. The van der Waals surface area contributed by atoms with Gasteiger partial charge < -0.3 is 10.1 Å². The molecule has 0 spiro atoms. The smallest absolute Gasteiger partial charge is 0.286 e. The Morgan fingerprint density at radius 1 is 1.11 bits per heavy atom. The molecule has 0 fully saturated rings. The summed E-state index contributed by atoms with van der Waals surface area (Å²) in [6.07, 6.45) is 0.908. The number of aromatic nitrogens is 2. The molecule has 0 bridgehead atoms. The minimum absolute atomic E-state index is 0.232. The molecule has 1 heterocycles. The summed E-state index contributed by atoms with van der Waals surface area (Å²) in [7, 11) is 2.03. The van der Waals surface area contributed by atoms with Crippen molar-refractivity contribution in [1.82, 2.24) is 15.1 Å². The van der Waals surface area contributed by atoms with Gasteiger partial charge in [0.25, 0.3) is 5.91 Å². The molecular formula is C21H24N4O2S. The first-order valence-corrected chi connectivity index (χ1v) is 9.99. The monoisotopic (exact) mass is 396 g/mol. The van der Waals surface area contributed by atoms with E-state index in [4.69, 9.17) is 4.74 Å². The summed E-state index contributed by atoms with van der Waals surface area (Å²) >= 11 is 1.32. The second kappa shape index (κ2) is 9.96. The molecule has 0 unspecified atom stereocenters. The highest BCUT2D eigenvalue weighted by Gasteiger charge is 2.14. The Labute approximate surface area is 169 Å². The molecule has 2 aromatic carbocycles. The minimum atomic E-state index is -0.232. The number of aryl methyl sites for hydroxylation is 1. The normalized spacial score (nSPS) is 10.8. The van der Waals surface area contributed by atoms with Crippen LogP contribution in [0.15, 0.2) is 54.6 Å². The van der Waals surface area contributed by atoms with Gasteiger partial charge in [0.05, 0.1) is 13.2 Å². The fraction of sp³-hybridized carbons (Fsp3) is 0.286. The molecule has 1 amide bonds. The summed E-state index contributed by atoms with van der Waals surface area (Å²) in [5, 5.41) is 12.2. The van der Waals surface area contributed by atoms with Crippen LogP contribution < -0.4 is 10.1 Å². The number of hydrogen-bond donors (Lipinski definition) is 1. The van der Waals surface area contributed by atoms with Gasteiger partial charge in [-0.3, -0.25) is 9.69 Å². The van der Waals surface area contributed by atoms with E-state index in [0.29, 0.717) is 18.2 Å². The standard InChI is InChI=1S/C21H24N4O2S/c1-16-9-6-7-12-18(16)27-14-8-13-25(2)15-19-23-24-21(28-19)20(26)22-17-10-4-3-5-11-17/h3-7,9-12H,8,13-15H2,1-2H3,(H,22,26). The molecule has 3 rings (SSSR count). The highest BCUT2D eigenvalue weighted by molar-refractivity contribution is 7.13. The molecule has 0 aliphatic rings. The predicted octanol–water partition coefficient (Wildman–Crippen LogP) is 4.00. The average Bonchev–Trinajstić information content (AvgIpc) is 3.16. The van der Waals surface area contributed by atoms with Crippen molar-refractivity contribution >= 4 is 22.9 Å². The molecule has 0 atom stereocenters. The zero-order chi connectivity index (χ0) is 19.8. The van der Waals surface area contributed by atoms with Gasteiger partial charge in [-0.25, -0.2) is 0 Å². The van der Waals surface area contributed by atoms with Gasteiger partial charge in [0.2, 0.25) is 5.01 Å². The lowest BCUT2D eigenvalue weighted by Crippen LogP contribution is -2.20. The molecular weight excluding hydrogens is 372 g/mol. The third-order valence-corrected chi connectivity index (χ3v) is 5.04. The summed E-state index contributed by atoms with van der Waals surface area (Å²) in [6, 6.07) is 17.4. The molecule has 0 saturated carbocycles. The van der Waals surface area contributed by atoms with E-state index in [1.165, 1.54) is 11.3 Å². The first-order chi connectivity index (χ1) is 13.6. The summed E-state index contributed by atoms with van der Waals surface area (Å²) in [4.78, 5) is 14.4. The third kappa shape index (κ3) is 5.87. The fourth-order valence-corrected chi connectivity index (χ4v) is 3.48. The SMILES string of the molecule is Cc1ccccc1OCCCN(C)Cc1nnc(C(=O)Nc2ccccc2)s1. The highest BCUT2D eigenvalue weighted by Crippen LogP contribution is 2.17. The van der Waals surface area contributed by atoms with Gasteiger partial charge >= 0.3 is 0 Å². The van der Waals surface area contributed by atoms with Crippen molar-refractivity contribution in [2.24, 2.45) is 0 Å². The summed E-state index contributed by atoms with van der Waals surface area (Å²) in [5.74, 6) is 0.701. The lowest BCUT2D eigenvalue weighted by Gasteiger charge is -2.15. The first-order valence-electron chi connectivity index (χ1n) is 9.17. The van der Waals surface area contributed by atoms with Gasteiger partial charge in [-0.15, -0.1) is 10.2 Å². The van der Waals surface area contributed by atoms with Crippen LogP contribution in [0, 0.1) is 6.92 Å². The second-order valence-electron chi connectivity index (χ2n) is 6.53. The molecule has 6 nitrogen and oxygen atoms in total. The van der Waals surface area contributed by atoms with Crippen molar-refractivity contribution in [1.29, 1.82) is 0 Å². The van der Waals surface area contributed by atoms with Crippen molar-refractivity contribution in [3.05, 3.63) is 70.2 Å². The molecule has 7 heteroatoms. The van der Waals surface area contributed by atoms with Gasteiger partial charge in [-0.05, 0) is 44.2 Å². The molecule has 3 aromatic rings. The maximum atomic E-state index is 12.3. The fourth-order valence-electron chi connectivity index (χ4n) is 2.66. The van der Waals surface area contributed by atoms with Crippen LogP contribution in [0.5, 0.6) is 5.75 Å². The topological polar surface area (TPSA) is 67.3 Å². The Kier molecular flexibility index (Phi) is 7.11. The molecule has 0 saturated heterocycles. The van der Waals surface area contributed by atoms with Crippen LogP contribution in [-0.4, -0.2) is 41.2 Å². The van der Waals surface area contributed by atoms with Crippen LogP contribution in [0.25, 0.3) is 0 Å². The van der Waals surface area contributed by atoms with Crippen LogP contribution in [0.3, 0.4) is 0 Å². The molecule has 0 aliphatic heterocycles. The van der Waals surface area contributed by atoms with Crippen molar-refractivity contribution in [3.8, 4) is 5.75 Å². The number of hydrogen-bond acceptors (Lipinski definition) is 6. The van der Waals surface area contributed by atoms with Gasteiger partial charge in [0.15, 0.2) is 0 Å². The van der Waals surface area contributed by atoms with Crippen LogP contribution in [-0.2, 0) is 6.54 Å². The van der Waals surface area contributed by atoms with E-state index >= 15 is 0 Å². The largest absolute Gasteiger partial charge is 0.493 e. The van der Waals surface area contributed by atoms with E-state index in [2.05, 4.69) is 20.4 Å². The molecule has 1 aromatic heterocycles. The van der Waals surface area contributed by atoms with E-state index in [-0.39, 0.29) is 5.91 Å². The lowest BCUT2D eigenvalue weighted by atomic mass is 10.2. The Bertz CT molecular complexity index is 898. The number of nitrogens with one attached hydrogen (secondary N) is 1. The number of carbonyl (C=O) groups is 1. The number of ether oxygens (including phenoxy) is 1. The van der Waals surface area contributed by atoms with E-state index in [0.717, 1.165) is 35.0 Å². The summed E-state index contributed by atoms with van der Waals surface area (Å²) < 4.78 is 5.82. The van der Waals surface area contributed by atoms with E-state index in [1.54, 1.807) is 0 Å². The van der Waals surface area contributed by atoms with Crippen LogP contribution >= 0.6 is 11.3 Å². The van der Waals surface area contributed by atoms with E-state index < -0.39 is 0 Å². The quantitative estimate of drug-likeness (QED) is 0.554. The maximum Gasteiger partial charge on any atom is 0.286 e. The summed E-state index contributed by atoms with van der Waals surface area (Å²) in [6.45, 7) is 4.23. The Morgan fingerprint density at radius 3 is 2.64 bits per heavy atom. The van der Waals surface area contributed by atoms with Crippen molar-refractivity contribution in [2.75, 3.05) is 25.5 Å². The molecule has 146 valence electrons. The Balaban J connectivity index is 1.41. The lowest BCUT2D eigenvalue weighted by molar-refractivity contribution is 0.102. The third-order valence-electron chi connectivity index (χ3n) is 4.13. The number of amides is 1. The number of nitrogens with zero attached hydrogens (tertiary/aromatic N) is 3. The molecule has 1 N–H and O–H groups in total. The van der Waals surface area contributed by atoms with E-state index in [1.807, 2.05) is 68.6 Å². The van der Waals surface area contributed by atoms with Gasteiger partial charge in [0.1, 0.15) is 10.8 Å². The number of rotatable bonds is 9. The number of para-hydroxylation sites is 2. The van der Waals surface area contributed by atoms with Gasteiger partial charge in [0, 0.05) is 12.2 Å². The zero-order valence-electron chi connectivity index (χ0n) is 16.1.